The number of hydrogen-bond acceptors (Lipinski definition) is 2. The number of carbonyl (C=O) groups excluding carboxylic acids is 1. The lowest BCUT2D eigenvalue weighted by atomic mass is 10.1. The maximum absolute atomic E-state index is 13.1. The van der Waals surface area contributed by atoms with E-state index in [-0.39, 0.29) is 17.6 Å². The number of halogens is 1. The van der Waals surface area contributed by atoms with Crippen molar-refractivity contribution >= 4 is 5.91 Å². The van der Waals surface area contributed by atoms with E-state index in [4.69, 9.17) is 5.73 Å². The van der Waals surface area contributed by atoms with Crippen LogP contribution in [-0.4, -0.2) is 12.5 Å². The quantitative estimate of drug-likeness (QED) is 0.762. The van der Waals surface area contributed by atoms with Crippen molar-refractivity contribution in [1.82, 2.24) is 5.32 Å². The predicted octanol–water partition coefficient (Wildman–Crippen LogP) is 1.04. The molecule has 1 aromatic rings. The minimum Gasteiger partial charge on any atom is -0.369 e. The number of rotatable bonds is 5. The number of primary amides is 1. The first kappa shape index (κ1) is 11.7. The van der Waals surface area contributed by atoms with E-state index in [0.717, 1.165) is 0 Å². The molecule has 1 amide bonds. The van der Waals surface area contributed by atoms with Crippen molar-refractivity contribution in [2.24, 2.45) is 11.7 Å². The molecule has 1 atom stereocenters. The van der Waals surface area contributed by atoms with Crippen LogP contribution < -0.4 is 11.1 Å². The Morgan fingerprint density at radius 1 is 1.53 bits per heavy atom. The van der Waals surface area contributed by atoms with Gasteiger partial charge in [0, 0.05) is 24.6 Å². The number of hydrogen-bond donors (Lipinski definition) is 2. The van der Waals surface area contributed by atoms with E-state index in [1.807, 2.05) is 0 Å². The van der Waals surface area contributed by atoms with E-state index in [1.165, 1.54) is 6.07 Å². The highest BCUT2D eigenvalue weighted by Crippen LogP contribution is 2.05. The van der Waals surface area contributed by atoms with Gasteiger partial charge in [-0.15, -0.1) is 0 Å². The standard InChI is InChI=1S/C11H15FN2O/c1-8(11(13)15)6-14-7-9-4-2-3-5-10(9)12/h2-5,8,14H,6-7H2,1H3,(H2,13,15). The lowest BCUT2D eigenvalue weighted by Gasteiger charge is -2.09. The van der Waals surface area contributed by atoms with Gasteiger partial charge in [0.25, 0.3) is 0 Å². The van der Waals surface area contributed by atoms with Crippen LogP contribution >= 0.6 is 0 Å². The minimum atomic E-state index is -0.351. The second-order valence-corrected chi connectivity index (χ2v) is 3.53. The summed E-state index contributed by atoms with van der Waals surface area (Å²) in [7, 11) is 0. The second-order valence-electron chi connectivity index (χ2n) is 3.53. The molecule has 0 aliphatic heterocycles. The summed E-state index contributed by atoms with van der Waals surface area (Å²) in [5, 5.41) is 2.98. The third kappa shape index (κ3) is 3.67. The molecule has 0 radical (unpaired) electrons. The molecular weight excluding hydrogens is 195 g/mol. The molecule has 0 aromatic heterocycles. The molecule has 1 aromatic carbocycles. The Hall–Kier alpha value is -1.42. The molecule has 0 saturated carbocycles. The van der Waals surface area contributed by atoms with Gasteiger partial charge in [0.2, 0.25) is 5.91 Å². The molecule has 0 aliphatic rings. The zero-order valence-corrected chi connectivity index (χ0v) is 8.66. The molecule has 0 aliphatic carbocycles. The molecule has 0 heterocycles. The minimum absolute atomic E-state index is 0.239. The monoisotopic (exact) mass is 210 g/mol. The van der Waals surface area contributed by atoms with Crippen LogP contribution in [0.2, 0.25) is 0 Å². The van der Waals surface area contributed by atoms with E-state index in [0.29, 0.717) is 18.7 Å². The Balaban J connectivity index is 2.38. The average molecular weight is 210 g/mol. The Morgan fingerprint density at radius 2 is 2.20 bits per heavy atom. The first-order valence-corrected chi connectivity index (χ1v) is 4.84. The summed E-state index contributed by atoms with van der Waals surface area (Å²) in [5.41, 5.74) is 5.68. The highest BCUT2D eigenvalue weighted by Gasteiger charge is 2.07. The molecule has 4 heteroatoms. The average Bonchev–Trinajstić information content (AvgIpc) is 2.20. The van der Waals surface area contributed by atoms with Crippen LogP contribution in [-0.2, 0) is 11.3 Å². The van der Waals surface area contributed by atoms with Crippen molar-refractivity contribution < 1.29 is 9.18 Å². The number of carbonyl (C=O) groups is 1. The van der Waals surface area contributed by atoms with Gasteiger partial charge in [-0.3, -0.25) is 4.79 Å². The van der Waals surface area contributed by atoms with Crippen LogP contribution in [0.25, 0.3) is 0 Å². The summed E-state index contributed by atoms with van der Waals surface area (Å²) in [6, 6.07) is 6.54. The number of benzene rings is 1. The summed E-state index contributed by atoms with van der Waals surface area (Å²) in [6.45, 7) is 2.60. The lowest BCUT2D eigenvalue weighted by Crippen LogP contribution is -2.30. The number of nitrogens with one attached hydrogen (secondary N) is 1. The van der Waals surface area contributed by atoms with Gasteiger partial charge in [0.05, 0.1) is 0 Å². The summed E-state index contributed by atoms with van der Waals surface area (Å²) in [4.78, 5) is 10.7. The molecule has 3 nitrogen and oxygen atoms in total. The normalized spacial score (nSPS) is 12.4. The van der Waals surface area contributed by atoms with E-state index in [1.54, 1.807) is 25.1 Å². The van der Waals surface area contributed by atoms with Crippen molar-refractivity contribution in [2.75, 3.05) is 6.54 Å². The summed E-state index contributed by atoms with van der Waals surface area (Å²) >= 11 is 0. The van der Waals surface area contributed by atoms with Gasteiger partial charge in [0.15, 0.2) is 0 Å². The zero-order chi connectivity index (χ0) is 11.3. The van der Waals surface area contributed by atoms with Gasteiger partial charge in [-0.1, -0.05) is 25.1 Å². The Labute approximate surface area is 88.5 Å². The van der Waals surface area contributed by atoms with Gasteiger partial charge in [-0.2, -0.15) is 0 Å². The lowest BCUT2D eigenvalue weighted by molar-refractivity contribution is -0.121. The molecule has 82 valence electrons. The first-order chi connectivity index (χ1) is 7.11. The number of nitrogens with two attached hydrogens (primary N) is 1. The van der Waals surface area contributed by atoms with Crippen LogP contribution in [0, 0.1) is 11.7 Å². The fraction of sp³-hybridized carbons (Fsp3) is 0.364. The number of amides is 1. The maximum Gasteiger partial charge on any atom is 0.221 e. The molecule has 1 unspecified atom stereocenters. The van der Waals surface area contributed by atoms with Crippen molar-refractivity contribution in [1.29, 1.82) is 0 Å². The molecule has 3 N–H and O–H groups in total. The van der Waals surface area contributed by atoms with Crippen LogP contribution in [0.3, 0.4) is 0 Å². The molecule has 15 heavy (non-hydrogen) atoms. The summed E-state index contributed by atoms with van der Waals surface area (Å²) in [6.07, 6.45) is 0. The van der Waals surface area contributed by atoms with E-state index in [9.17, 15) is 9.18 Å². The zero-order valence-electron chi connectivity index (χ0n) is 8.66. The highest BCUT2D eigenvalue weighted by molar-refractivity contribution is 5.76. The molecule has 0 bridgehead atoms. The third-order valence-corrected chi connectivity index (χ3v) is 2.21. The first-order valence-electron chi connectivity index (χ1n) is 4.84. The molecule has 1 rings (SSSR count). The Kier molecular flexibility index (Phi) is 4.24. The van der Waals surface area contributed by atoms with Crippen molar-refractivity contribution in [2.45, 2.75) is 13.5 Å². The van der Waals surface area contributed by atoms with Crippen LogP contribution in [0.5, 0.6) is 0 Å². The molecule has 0 spiro atoms. The van der Waals surface area contributed by atoms with Gasteiger partial charge in [0.1, 0.15) is 5.82 Å². The predicted molar refractivity (Wildman–Crippen MR) is 56.5 cm³/mol. The van der Waals surface area contributed by atoms with E-state index < -0.39 is 0 Å². The Morgan fingerprint density at radius 3 is 2.80 bits per heavy atom. The van der Waals surface area contributed by atoms with Crippen molar-refractivity contribution in [3.8, 4) is 0 Å². The fourth-order valence-corrected chi connectivity index (χ4v) is 1.17. The summed E-state index contributed by atoms with van der Waals surface area (Å²) < 4.78 is 13.1. The molecular formula is C11H15FN2O. The molecule has 0 fully saturated rings. The van der Waals surface area contributed by atoms with Gasteiger partial charge in [-0.05, 0) is 6.07 Å². The van der Waals surface area contributed by atoms with Crippen LogP contribution in [0.1, 0.15) is 12.5 Å². The van der Waals surface area contributed by atoms with Gasteiger partial charge >= 0.3 is 0 Å². The smallest absolute Gasteiger partial charge is 0.221 e. The third-order valence-electron chi connectivity index (χ3n) is 2.21. The SMILES string of the molecule is CC(CNCc1ccccc1F)C(N)=O. The summed E-state index contributed by atoms with van der Waals surface area (Å²) in [5.74, 6) is -0.829. The van der Waals surface area contributed by atoms with Crippen LogP contribution in [0.15, 0.2) is 24.3 Å². The highest BCUT2D eigenvalue weighted by atomic mass is 19.1. The van der Waals surface area contributed by atoms with Crippen LogP contribution in [0.4, 0.5) is 4.39 Å². The largest absolute Gasteiger partial charge is 0.369 e. The maximum atomic E-state index is 13.1. The van der Waals surface area contributed by atoms with E-state index in [2.05, 4.69) is 5.32 Å². The second kappa shape index (κ2) is 5.46. The Bertz CT molecular complexity index is 341. The topological polar surface area (TPSA) is 55.1 Å². The van der Waals surface area contributed by atoms with Crippen molar-refractivity contribution in [3.05, 3.63) is 35.6 Å². The van der Waals surface area contributed by atoms with Gasteiger partial charge < -0.3 is 11.1 Å². The fourth-order valence-electron chi connectivity index (χ4n) is 1.17. The van der Waals surface area contributed by atoms with Crippen molar-refractivity contribution in [3.63, 3.8) is 0 Å². The van der Waals surface area contributed by atoms with E-state index >= 15 is 0 Å². The molecule has 0 saturated heterocycles. The van der Waals surface area contributed by atoms with Gasteiger partial charge in [-0.25, -0.2) is 4.39 Å².